The van der Waals surface area contributed by atoms with E-state index in [-0.39, 0.29) is 24.9 Å². The summed E-state index contributed by atoms with van der Waals surface area (Å²) in [6.07, 6.45) is 4.16. The van der Waals surface area contributed by atoms with Gasteiger partial charge in [-0.05, 0) is 12.8 Å². The average molecular weight is 324 g/mol. The highest BCUT2D eigenvalue weighted by Crippen LogP contribution is 2.39. The Labute approximate surface area is 135 Å². The van der Waals surface area contributed by atoms with Crippen molar-refractivity contribution in [3.05, 3.63) is 0 Å². The van der Waals surface area contributed by atoms with Gasteiger partial charge >= 0.3 is 6.03 Å². The summed E-state index contributed by atoms with van der Waals surface area (Å²) in [4.78, 5) is 52.4. The first-order chi connectivity index (χ1) is 10.8. The Kier molecular flexibility index (Phi) is 4.91. The van der Waals surface area contributed by atoms with Crippen LogP contribution in [0, 0.1) is 0 Å². The summed E-state index contributed by atoms with van der Waals surface area (Å²) in [5, 5.41) is 2.43. The molecule has 1 aliphatic heterocycles. The zero-order valence-corrected chi connectivity index (χ0v) is 13.9. The fourth-order valence-electron chi connectivity index (χ4n) is 3.31. The minimum atomic E-state index is -0.783. The third-order valence-corrected chi connectivity index (χ3v) is 4.86. The summed E-state index contributed by atoms with van der Waals surface area (Å²) >= 11 is 0. The molecule has 1 saturated heterocycles. The standard InChI is InChI=1S/C15H24N4O4/c1-16-11(20)9-17(2)12(21)10-19-13(22)15(18(3)14(19)23)7-5-4-6-8-15/h4-10H2,1-3H3,(H,16,20). The van der Waals surface area contributed by atoms with Crippen molar-refractivity contribution in [2.75, 3.05) is 34.2 Å². The minimum Gasteiger partial charge on any atom is -0.358 e. The first-order valence-corrected chi connectivity index (χ1v) is 7.88. The SMILES string of the molecule is CNC(=O)CN(C)C(=O)CN1C(=O)N(C)C2(CCCCC2)C1=O. The van der Waals surface area contributed by atoms with Gasteiger partial charge in [0.2, 0.25) is 11.8 Å². The fraction of sp³-hybridized carbons (Fsp3) is 0.733. The Morgan fingerprint density at radius 2 is 1.83 bits per heavy atom. The molecule has 8 nitrogen and oxygen atoms in total. The van der Waals surface area contributed by atoms with Crippen molar-refractivity contribution < 1.29 is 19.2 Å². The molecule has 0 bridgehead atoms. The fourth-order valence-corrected chi connectivity index (χ4v) is 3.31. The second-order valence-electron chi connectivity index (χ2n) is 6.25. The van der Waals surface area contributed by atoms with Crippen molar-refractivity contribution in [1.29, 1.82) is 0 Å². The Morgan fingerprint density at radius 1 is 1.22 bits per heavy atom. The van der Waals surface area contributed by atoms with Gasteiger partial charge in [-0.3, -0.25) is 19.3 Å². The van der Waals surface area contributed by atoms with Crippen molar-refractivity contribution in [1.82, 2.24) is 20.0 Å². The van der Waals surface area contributed by atoms with Crippen LogP contribution in [0.1, 0.15) is 32.1 Å². The lowest BCUT2D eigenvalue weighted by atomic mass is 9.81. The van der Waals surface area contributed by atoms with E-state index in [1.54, 1.807) is 7.05 Å². The number of nitrogens with one attached hydrogen (secondary N) is 1. The van der Waals surface area contributed by atoms with E-state index in [4.69, 9.17) is 0 Å². The van der Waals surface area contributed by atoms with Crippen LogP contribution in [0.5, 0.6) is 0 Å². The summed E-state index contributed by atoms with van der Waals surface area (Å²) < 4.78 is 0. The number of carbonyl (C=O) groups is 4. The number of amides is 5. The third-order valence-electron chi connectivity index (χ3n) is 4.86. The molecule has 5 amide bonds. The van der Waals surface area contributed by atoms with Crippen LogP contribution in [-0.2, 0) is 14.4 Å². The first-order valence-electron chi connectivity index (χ1n) is 7.88. The van der Waals surface area contributed by atoms with Crippen LogP contribution in [0.15, 0.2) is 0 Å². The van der Waals surface area contributed by atoms with Crippen LogP contribution in [0.4, 0.5) is 4.79 Å². The van der Waals surface area contributed by atoms with E-state index in [9.17, 15) is 19.2 Å². The topological polar surface area (TPSA) is 90.0 Å². The van der Waals surface area contributed by atoms with E-state index in [0.29, 0.717) is 12.8 Å². The van der Waals surface area contributed by atoms with E-state index in [0.717, 1.165) is 24.2 Å². The van der Waals surface area contributed by atoms with Gasteiger partial charge in [0.25, 0.3) is 5.91 Å². The molecule has 1 aliphatic carbocycles. The second kappa shape index (κ2) is 6.55. The van der Waals surface area contributed by atoms with E-state index in [1.165, 1.54) is 23.9 Å². The van der Waals surface area contributed by atoms with Crippen LogP contribution in [0.25, 0.3) is 0 Å². The lowest BCUT2D eigenvalue weighted by Crippen LogP contribution is -2.49. The number of hydrogen-bond donors (Lipinski definition) is 1. The number of likely N-dealkylation sites (N-methyl/N-ethyl adjacent to an activating group) is 3. The molecule has 2 rings (SSSR count). The molecule has 1 N–H and O–H groups in total. The highest BCUT2D eigenvalue weighted by atomic mass is 16.2. The molecule has 23 heavy (non-hydrogen) atoms. The molecular formula is C15H24N4O4. The van der Waals surface area contributed by atoms with Gasteiger partial charge in [0.1, 0.15) is 12.1 Å². The average Bonchev–Trinajstić information content (AvgIpc) is 2.71. The van der Waals surface area contributed by atoms with Crippen LogP contribution >= 0.6 is 0 Å². The van der Waals surface area contributed by atoms with Crippen LogP contribution in [0.3, 0.4) is 0 Å². The summed E-state index contributed by atoms with van der Waals surface area (Å²) in [5.41, 5.74) is -0.783. The molecule has 0 unspecified atom stereocenters. The minimum absolute atomic E-state index is 0.105. The molecule has 2 aliphatic rings. The van der Waals surface area contributed by atoms with Crippen molar-refractivity contribution in [3.63, 3.8) is 0 Å². The van der Waals surface area contributed by atoms with E-state index in [2.05, 4.69) is 5.32 Å². The van der Waals surface area contributed by atoms with Gasteiger partial charge in [0.05, 0.1) is 6.54 Å². The number of rotatable bonds is 4. The molecule has 1 spiro atoms. The van der Waals surface area contributed by atoms with E-state index < -0.39 is 17.5 Å². The summed E-state index contributed by atoms with van der Waals surface area (Å²) in [7, 11) is 4.59. The zero-order valence-electron chi connectivity index (χ0n) is 13.9. The van der Waals surface area contributed by atoms with Crippen molar-refractivity contribution in [2.24, 2.45) is 0 Å². The van der Waals surface area contributed by atoms with Gasteiger partial charge in [-0.2, -0.15) is 0 Å². The maximum atomic E-state index is 12.8. The van der Waals surface area contributed by atoms with E-state index in [1.807, 2.05) is 0 Å². The molecule has 128 valence electrons. The van der Waals surface area contributed by atoms with Crippen molar-refractivity contribution >= 4 is 23.8 Å². The molecule has 1 saturated carbocycles. The molecule has 2 fully saturated rings. The van der Waals surface area contributed by atoms with Gasteiger partial charge in [-0.25, -0.2) is 4.79 Å². The molecule has 0 aromatic carbocycles. The second-order valence-corrected chi connectivity index (χ2v) is 6.25. The number of hydrogen-bond acceptors (Lipinski definition) is 4. The molecule has 8 heteroatoms. The van der Waals surface area contributed by atoms with Gasteiger partial charge in [0.15, 0.2) is 0 Å². The Hall–Kier alpha value is -2.12. The van der Waals surface area contributed by atoms with Gasteiger partial charge < -0.3 is 15.1 Å². The highest BCUT2D eigenvalue weighted by molar-refractivity contribution is 6.09. The largest absolute Gasteiger partial charge is 0.358 e. The Morgan fingerprint density at radius 3 is 2.39 bits per heavy atom. The number of nitrogens with zero attached hydrogens (tertiary/aromatic N) is 3. The van der Waals surface area contributed by atoms with Crippen molar-refractivity contribution in [2.45, 2.75) is 37.6 Å². The Balaban J connectivity index is 2.08. The maximum Gasteiger partial charge on any atom is 0.327 e. The monoisotopic (exact) mass is 324 g/mol. The molecule has 0 atom stereocenters. The lowest BCUT2D eigenvalue weighted by Gasteiger charge is -2.35. The van der Waals surface area contributed by atoms with E-state index >= 15 is 0 Å². The van der Waals surface area contributed by atoms with Crippen LogP contribution < -0.4 is 5.32 Å². The molecular weight excluding hydrogens is 300 g/mol. The summed E-state index contributed by atoms with van der Waals surface area (Å²) in [5.74, 6) is -1.02. The maximum absolute atomic E-state index is 12.8. The number of imide groups is 1. The lowest BCUT2D eigenvalue weighted by molar-refractivity contribution is -0.140. The van der Waals surface area contributed by atoms with Crippen molar-refractivity contribution in [3.8, 4) is 0 Å². The van der Waals surface area contributed by atoms with Crippen LogP contribution in [0.2, 0.25) is 0 Å². The summed E-state index contributed by atoms with van der Waals surface area (Å²) in [6, 6.07) is -0.432. The predicted molar refractivity (Wildman–Crippen MR) is 82.4 cm³/mol. The molecule has 0 radical (unpaired) electrons. The predicted octanol–water partition coefficient (Wildman–Crippen LogP) is -0.212. The summed E-state index contributed by atoms with van der Waals surface area (Å²) in [6.45, 7) is -0.427. The van der Waals surface area contributed by atoms with Gasteiger partial charge in [0, 0.05) is 21.1 Å². The molecule has 1 heterocycles. The quantitative estimate of drug-likeness (QED) is 0.725. The van der Waals surface area contributed by atoms with Gasteiger partial charge in [-0.1, -0.05) is 19.3 Å². The van der Waals surface area contributed by atoms with Crippen LogP contribution in [-0.4, -0.2) is 78.2 Å². The highest BCUT2D eigenvalue weighted by Gasteiger charge is 2.55. The number of carbonyl (C=O) groups excluding carboxylic acids is 4. The normalized spacial score (nSPS) is 20.1. The van der Waals surface area contributed by atoms with Gasteiger partial charge in [-0.15, -0.1) is 0 Å². The third kappa shape index (κ3) is 3.02. The Bertz CT molecular complexity index is 528. The molecule has 0 aromatic rings. The first kappa shape index (κ1) is 17.2. The smallest absolute Gasteiger partial charge is 0.327 e. The number of urea groups is 1. The molecule has 0 aromatic heterocycles. The zero-order chi connectivity index (χ0) is 17.2.